The minimum absolute atomic E-state index is 0.00360. The third-order valence-electron chi connectivity index (χ3n) is 4.46. The summed E-state index contributed by atoms with van der Waals surface area (Å²) < 4.78 is 15.8. The Morgan fingerprint density at radius 1 is 1.07 bits per heavy atom. The fraction of sp³-hybridized carbons (Fsp3) is 0.190. The van der Waals surface area contributed by atoms with Crippen LogP contribution in [0.2, 0.25) is 0 Å². The molecule has 136 valence electrons. The number of ether oxygens (including phenoxy) is 1. The van der Waals surface area contributed by atoms with Gasteiger partial charge in [-0.3, -0.25) is 4.79 Å². The number of para-hydroxylation sites is 1. The Morgan fingerprint density at radius 2 is 1.93 bits per heavy atom. The zero-order valence-corrected chi connectivity index (χ0v) is 14.7. The van der Waals surface area contributed by atoms with E-state index < -0.39 is 11.6 Å². The lowest BCUT2D eigenvalue weighted by Gasteiger charge is -2.07. The van der Waals surface area contributed by atoms with E-state index in [1.165, 1.54) is 6.07 Å². The van der Waals surface area contributed by atoms with Crippen LogP contribution in [0, 0.1) is 0 Å². The molecular weight excluding hydrogens is 346 g/mol. The number of benzene rings is 2. The summed E-state index contributed by atoms with van der Waals surface area (Å²) in [6.07, 6.45) is 0.834. The van der Waals surface area contributed by atoms with E-state index in [0.717, 1.165) is 22.8 Å². The topological polar surface area (TPSA) is 82.5 Å². The van der Waals surface area contributed by atoms with Gasteiger partial charge >= 0.3 is 11.6 Å². The third kappa shape index (κ3) is 3.46. The van der Waals surface area contributed by atoms with Gasteiger partial charge in [-0.05, 0) is 30.2 Å². The molecule has 2 heterocycles. The highest BCUT2D eigenvalue weighted by Gasteiger charge is 2.14. The third-order valence-corrected chi connectivity index (χ3v) is 4.46. The number of hydrogen-bond donors (Lipinski definition) is 0. The molecule has 4 rings (SSSR count). The number of hydrogen-bond acceptors (Lipinski definition) is 6. The Labute approximate surface area is 154 Å². The summed E-state index contributed by atoms with van der Waals surface area (Å²) in [6.45, 7) is 2.01. The smallest absolute Gasteiger partial charge is 0.336 e. The van der Waals surface area contributed by atoms with E-state index in [1.807, 2.05) is 43.3 Å². The van der Waals surface area contributed by atoms with Gasteiger partial charge in [-0.1, -0.05) is 36.3 Å². The predicted molar refractivity (Wildman–Crippen MR) is 99.4 cm³/mol. The zero-order valence-electron chi connectivity index (χ0n) is 14.7. The summed E-state index contributed by atoms with van der Waals surface area (Å²) in [5, 5.41) is 5.47. The molecule has 27 heavy (non-hydrogen) atoms. The summed E-state index contributed by atoms with van der Waals surface area (Å²) in [5.74, 6) is -0.444. The Hall–Kier alpha value is -3.41. The molecular formula is C21H17NO5. The second-order valence-electron chi connectivity index (χ2n) is 6.24. The van der Waals surface area contributed by atoms with Crippen LogP contribution in [0.15, 0.2) is 62.3 Å². The molecule has 0 radical (unpaired) electrons. The molecule has 0 aliphatic rings. The predicted octanol–water partition coefficient (Wildman–Crippen LogP) is 3.78. The van der Waals surface area contributed by atoms with Gasteiger partial charge in [0, 0.05) is 22.4 Å². The lowest BCUT2D eigenvalue weighted by Crippen LogP contribution is -2.10. The molecule has 0 amide bonds. The quantitative estimate of drug-likeness (QED) is 0.396. The van der Waals surface area contributed by atoms with Gasteiger partial charge in [-0.25, -0.2) is 4.79 Å². The first kappa shape index (κ1) is 17.0. The van der Waals surface area contributed by atoms with Gasteiger partial charge in [-0.2, -0.15) is 0 Å². The molecule has 0 saturated heterocycles. The van der Waals surface area contributed by atoms with E-state index in [2.05, 4.69) is 5.16 Å². The van der Waals surface area contributed by atoms with Crippen LogP contribution < -0.4 is 5.63 Å². The SMILES string of the molecule is CCc1ccc2c(COC(=O)Cc3noc4ccccc34)cc(=O)oc2c1. The number of esters is 1. The van der Waals surface area contributed by atoms with Crippen molar-refractivity contribution in [2.75, 3.05) is 0 Å². The minimum atomic E-state index is -0.468. The largest absolute Gasteiger partial charge is 0.460 e. The lowest BCUT2D eigenvalue weighted by molar-refractivity contribution is -0.144. The first-order chi connectivity index (χ1) is 13.1. The number of aromatic nitrogens is 1. The van der Waals surface area contributed by atoms with Crippen LogP contribution in [0.1, 0.15) is 23.7 Å². The van der Waals surface area contributed by atoms with Crippen molar-refractivity contribution in [3.05, 3.63) is 75.8 Å². The maximum absolute atomic E-state index is 12.2. The van der Waals surface area contributed by atoms with Gasteiger partial charge in [-0.15, -0.1) is 0 Å². The van der Waals surface area contributed by atoms with Crippen LogP contribution >= 0.6 is 0 Å². The molecule has 2 aromatic carbocycles. The summed E-state index contributed by atoms with van der Waals surface area (Å²) >= 11 is 0. The number of carbonyl (C=O) groups is 1. The van der Waals surface area contributed by atoms with Crippen LogP contribution in [-0.4, -0.2) is 11.1 Å². The van der Waals surface area contributed by atoms with Gasteiger partial charge < -0.3 is 13.7 Å². The van der Waals surface area contributed by atoms with Crippen LogP contribution in [0.5, 0.6) is 0 Å². The molecule has 0 N–H and O–H groups in total. The van der Waals surface area contributed by atoms with E-state index in [9.17, 15) is 9.59 Å². The number of carbonyl (C=O) groups excluding carboxylic acids is 1. The van der Waals surface area contributed by atoms with Crippen LogP contribution in [0.3, 0.4) is 0 Å². The fourth-order valence-electron chi connectivity index (χ4n) is 3.03. The summed E-state index contributed by atoms with van der Waals surface area (Å²) in [7, 11) is 0. The second kappa shape index (κ2) is 7.07. The van der Waals surface area contributed by atoms with E-state index in [-0.39, 0.29) is 13.0 Å². The highest BCUT2D eigenvalue weighted by Crippen LogP contribution is 2.21. The molecule has 0 unspecified atom stereocenters. The fourth-order valence-corrected chi connectivity index (χ4v) is 3.03. The van der Waals surface area contributed by atoms with E-state index in [0.29, 0.717) is 22.4 Å². The minimum Gasteiger partial charge on any atom is -0.460 e. The Kier molecular flexibility index (Phi) is 4.46. The first-order valence-corrected chi connectivity index (χ1v) is 8.68. The van der Waals surface area contributed by atoms with Gasteiger partial charge in [0.15, 0.2) is 5.58 Å². The molecule has 0 saturated carbocycles. The molecule has 0 bridgehead atoms. The molecule has 6 heteroatoms. The molecule has 0 spiro atoms. The highest BCUT2D eigenvalue weighted by molar-refractivity contribution is 5.84. The lowest BCUT2D eigenvalue weighted by atomic mass is 10.1. The van der Waals surface area contributed by atoms with Crippen LogP contribution in [0.25, 0.3) is 21.9 Å². The molecule has 0 aliphatic carbocycles. The van der Waals surface area contributed by atoms with Crippen molar-refractivity contribution in [3.63, 3.8) is 0 Å². The summed E-state index contributed by atoms with van der Waals surface area (Å²) in [5.41, 5.74) is 2.86. The van der Waals surface area contributed by atoms with Crippen molar-refractivity contribution >= 4 is 27.9 Å². The molecule has 4 aromatic rings. The zero-order chi connectivity index (χ0) is 18.8. The van der Waals surface area contributed by atoms with Crippen molar-refractivity contribution in [3.8, 4) is 0 Å². The number of fused-ring (bicyclic) bond motifs is 2. The van der Waals surface area contributed by atoms with Crippen molar-refractivity contribution in [1.82, 2.24) is 5.16 Å². The van der Waals surface area contributed by atoms with Crippen LogP contribution in [-0.2, 0) is 29.0 Å². The van der Waals surface area contributed by atoms with Crippen molar-refractivity contribution < 1.29 is 18.5 Å². The molecule has 0 atom stereocenters. The molecule has 6 nitrogen and oxygen atoms in total. The average molecular weight is 363 g/mol. The van der Waals surface area contributed by atoms with Gasteiger partial charge in [0.25, 0.3) is 0 Å². The van der Waals surface area contributed by atoms with Crippen LogP contribution in [0.4, 0.5) is 0 Å². The maximum Gasteiger partial charge on any atom is 0.336 e. The van der Waals surface area contributed by atoms with Crippen molar-refractivity contribution in [1.29, 1.82) is 0 Å². The summed E-state index contributed by atoms with van der Waals surface area (Å²) in [4.78, 5) is 24.1. The van der Waals surface area contributed by atoms with Crippen molar-refractivity contribution in [2.45, 2.75) is 26.4 Å². The molecule has 0 fully saturated rings. The standard InChI is InChI=1S/C21H17NO5/c1-2-13-7-8-15-14(10-21(24)26-19(15)9-13)12-25-20(23)11-17-16-5-3-4-6-18(16)27-22-17/h3-10H,2,11-12H2,1H3. The Balaban J connectivity index is 1.53. The molecule has 0 aliphatic heterocycles. The Bertz CT molecular complexity index is 1190. The van der Waals surface area contributed by atoms with Crippen molar-refractivity contribution in [2.24, 2.45) is 0 Å². The van der Waals surface area contributed by atoms with E-state index in [4.69, 9.17) is 13.7 Å². The number of aryl methyl sites for hydroxylation is 1. The Morgan fingerprint density at radius 3 is 2.78 bits per heavy atom. The first-order valence-electron chi connectivity index (χ1n) is 8.68. The normalized spacial score (nSPS) is 11.1. The highest BCUT2D eigenvalue weighted by atomic mass is 16.5. The monoisotopic (exact) mass is 363 g/mol. The number of rotatable bonds is 5. The van der Waals surface area contributed by atoms with Gasteiger partial charge in [0.1, 0.15) is 17.9 Å². The maximum atomic E-state index is 12.2. The second-order valence-corrected chi connectivity index (χ2v) is 6.24. The van der Waals surface area contributed by atoms with Gasteiger partial charge in [0.2, 0.25) is 0 Å². The molecule has 2 aromatic heterocycles. The van der Waals surface area contributed by atoms with E-state index >= 15 is 0 Å². The van der Waals surface area contributed by atoms with E-state index in [1.54, 1.807) is 6.07 Å². The summed E-state index contributed by atoms with van der Waals surface area (Å²) in [6, 6.07) is 14.4. The van der Waals surface area contributed by atoms with Gasteiger partial charge in [0.05, 0.1) is 6.42 Å². The average Bonchev–Trinajstić information content (AvgIpc) is 3.08. The number of nitrogens with zero attached hydrogens (tertiary/aromatic N) is 1.